The zero-order valence-corrected chi connectivity index (χ0v) is 7.78. The Labute approximate surface area is 65.0 Å². The van der Waals surface area contributed by atoms with Crippen molar-refractivity contribution < 1.29 is 0 Å². The van der Waals surface area contributed by atoms with Crippen LogP contribution < -0.4 is 0 Å². The summed E-state index contributed by atoms with van der Waals surface area (Å²) < 4.78 is 0. The van der Waals surface area contributed by atoms with Crippen molar-refractivity contribution in [1.29, 1.82) is 0 Å². The lowest BCUT2D eigenvalue weighted by Crippen LogP contribution is -2.06. The van der Waals surface area contributed by atoms with Gasteiger partial charge in [-0.15, -0.1) is 0 Å². The van der Waals surface area contributed by atoms with Crippen LogP contribution in [-0.4, -0.2) is 0 Å². The summed E-state index contributed by atoms with van der Waals surface area (Å²) in [7, 11) is 0. The molecule has 0 spiro atoms. The minimum absolute atomic E-state index is 0.564. The Morgan fingerprint density at radius 1 is 1.20 bits per heavy atom. The molecule has 0 N–H and O–H groups in total. The van der Waals surface area contributed by atoms with Crippen molar-refractivity contribution in [2.24, 2.45) is 17.3 Å². The summed E-state index contributed by atoms with van der Waals surface area (Å²) in [6, 6.07) is 0. The lowest BCUT2D eigenvalue weighted by atomic mass is 9.89. The Morgan fingerprint density at radius 2 is 1.80 bits per heavy atom. The summed E-state index contributed by atoms with van der Waals surface area (Å²) >= 11 is 0. The van der Waals surface area contributed by atoms with Gasteiger partial charge >= 0.3 is 0 Å². The maximum Gasteiger partial charge on any atom is -0.0378 e. The second kappa shape index (κ2) is 2.56. The molecule has 0 saturated heterocycles. The predicted octanol–water partition coefficient (Wildman–Crippen LogP) is 3.47. The highest BCUT2D eigenvalue weighted by molar-refractivity contribution is 4.87. The highest BCUT2D eigenvalue weighted by Crippen LogP contribution is 2.47. The van der Waals surface area contributed by atoms with Crippen LogP contribution in [0.3, 0.4) is 0 Å². The van der Waals surface area contributed by atoms with Gasteiger partial charge in [0, 0.05) is 0 Å². The molecule has 60 valence electrons. The van der Waals surface area contributed by atoms with Crippen LogP contribution in [0, 0.1) is 17.3 Å². The lowest BCUT2D eigenvalue weighted by Gasteiger charge is -2.17. The van der Waals surface area contributed by atoms with Crippen molar-refractivity contribution >= 4 is 0 Å². The van der Waals surface area contributed by atoms with E-state index in [0.717, 1.165) is 11.8 Å². The van der Waals surface area contributed by atoms with E-state index in [1.165, 1.54) is 19.3 Å². The second-order valence-corrected chi connectivity index (χ2v) is 4.93. The Hall–Kier alpha value is 0. The first kappa shape index (κ1) is 8.10. The van der Waals surface area contributed by atoms with E-state index in [4.69, 9.17) is 0 Å². The average Bonchev–Trinajstić information content (AvgIpc) is 2.42. The van der Waals surface area contributed by atoms with Crippen LogP contribution in [0.5, 0.6) is 0 Å². The molecule has 0 aromatic carbocycles. The summed E-state index contributed by atoms with van der Waals surface area (Å²) in [5, 5.41) is 0. The molecule has 2 atom stereocenters. The van der Waals surface area contributed by atoms with Gasteiger partial charge in [-0.1, -0.05) is 34.1 Å². The fourth-order valence-corrected chi connectivity index (χ4v) is 1.85. The molecule has 0 aromatic rings. The third kappa shape index (κ3) is 2.32. The molecule has 0 radical (unpaired) electrons. The fourth-order valence-electron chi connectivity index (χ4n) is 1.85. The Balaban J connectivity index is 2.18. The number of rotatable bonds is 2. The molecule has 0 heterocycles. The molecule has 1 rings (SSSR count). The summed E-state index contributed by atoms with van der Waals surface area (Å²) in [5.74, 6) is 2.16. The first-order valence-electron chi connectivity index (χ1n) is 4.53. The van der Waals surface area contributed by atoms with Gasteiger partial charge in [0.05, 0.1) is 0 Å². The summed E-state index contributed by atoms with van der Waals surface area (Å²) in [6.07, 6.45) is 4.35. The van der Waals surface area contributed by atoms with E-state index >= 15 is 0 Å². The molecule has 10 heavy (non-hydrogen) atoms. The number of hydrogen-bond donors (Lipinski definition) is 0. The highest BCUT2D eigenvalue weighted by atomic mass is 14.4. The van der Waals surface area contributed by atoms with Gasteiger partial charge in [0.15, 0.2) is 0 Å². The van der Waals surface area contributed by atoms with E-state index in [-0.39, 0.29) is 0 Å². The minimum Gasteiger partial charge on any atom is -0.0651 e. The Kier molecular flexibility index (Phi) is 2.07. The standard InChI is InChI=1S/C10H20/c1-5-8-6-9(8)7-10(2,3)4/h8-9H,5-7H2,1-4H3. The van der Waals surface area contributed by atoms with E-state index in [9.17, 15) is 0 Å². The predicted molar refractivity (Wildman–Crippen MR) is 46.0 cm³/mol. The Bertz CT molecular complexity index is 108. The monoisotopic (exact) mass is 140 g/mol. The molecular weight excluding hydrogens is 120 g/mol. The molecular formula is C10H20. The van der Waals surface area contributed by atoms with E-state index in [2.05, 4.69) is 27.7 Å². The van der Waals surface area contributed by atoms with Gasteiger partial charge in [-0.25, -0.2) is 0 Å². The third-order valence-corrected chi connectivity index (χ3v) is 2.47. The molecule has 0 amide bonds. The first-order chi connectivity index (χ1) is 4.53. The van der Waals surface area contributed by atoms with E-state index in [1.54, 1.807) is 0 Å². The zero-order valence-electron chi connectivity index (χ0n) is 7.78. The summed E-state index contributed by atoms with van der Waals surface area (Å²) in [5.41, 5.74) is 0.564. The highest BCUT2D eigenvalue weighted by Gasteiger charge is 2.37. The van der Waals surface area contributed by atoms with Crippen molar-refractivity contribution in [3.63, 3.8) is 0 Å². The molecule has 1 aliphatic carbocycles. The molecule has 0 nitrogen and oxygen atoms in total. The molecule has 1 aliphatic rings. The van der Waals surface area contributed by atoms with Crippen molar-refractivity contribution in [3.05, 3.63) is 0 Å². The van der Waals surface area contributed by atoms with Gasteiger partial charge in [0.25, 0.3) is 0 Å². The quantitative estimate of drug-likeness (QED) is 0.551. The average molecular weight is 140 g/mol. The van der Waals surface area contributed by atoms with Gasteiger partial charge in [0.2, 0.25) is 0 Å². The normalized spacial score (nSPS) is 32.4. The second-order valence-electron chi connectivity index (χ2n) is 4.93. The SMILES string of the molecule is CCC1CC1CC(C)(C)C. The number of hydrogen-bond acceptors (Lipinski definition) is 0. The van der Waals surface area contributed by atoms with Crippen LogP contribution in [0.25, 0.3) is 0 Å². The van der Waals surface area contributed by atoms with Crippen LogP contribution in [0.4, 0.5) is 0 Å². The van der Waals surface area contributed by atoms with Crippen LogP contribution >= 0.6 is 0 Å². The lowest BCUT2D eigenvalue weighted by molar-refractivity contribution is 0.343. The molecule has 1 saturated carbocycles. The molecule has 0 aromatic heterocycles. The van der Waals surface area contributed by atoms with E-state index in [1.807, 2.05) is 0 Å². The van der Waals surface area contributed by atoms with Crippen molar-refractivity contribution in [3.8, 4) is 0 Å². The third-order valence-electron chi connectivity index (χ3n) is 2.47. The van der Waals surface area contributed by atoms with Crippen molar-refractivity contribution in [2.75, 3.05) is 0 Å². The molecule has 1 fully saturated rings. The fraction of sp³-hybridized carbons (Fsp3) is 1.00. The first-order valence-corrected chi connectivity index (χ1v) is 4.53. The van der Waals surface area contributed by atoms with E-state index in [0.29, 0.717) is 5.41 Å². The van der Waals surface area contributed by atoms with Gasteiger partial charge < -0.3 is 0 Å². The van der Waals surface area contributed by atoms with Gasteiger partial charge in [-0.05, 0) is 30.1 Å². The molecule has 0 bridgehead atoms. The molecule has 2 unspecified atom stereocenters. The van der Waals surface area contributed by atoms with Gasteiger partial charge in [-0.3, -0.25) is 0 Å². The van der Waals surface area contributed by atoms with Crippen LogP contribution in [0.15, 0.2) is 0 Å². The van der Waals surface area contributed by atoms with E-state index < -0.39 is 0 Å². The zero-order chi connectivity index (χ0) is 7.78. The molecule has 0 aliphatic heterocycles. The topological polar surface area (TPSA) is 0 Å². The maximum absolute atomic E-state index is 2.35. The van der Waals surface area contributed by atoms with Crippen LogP contribution in [-0.2, 0) is 0 Å². The largest absolute Gasteiger partial charge is 0.0651 e. The minimum atomic E-state index is 0.564. The van der Waals surface area contributed by atoms with Crippen LogP contribution in [0.1, 0.15) is 47.0 Å². The summed E-state index contributed by atoms with van der Waals surface area (Å²) in [6.45, 7) is 9.35. The Morgan fingerprint density at radius 3 is 2.10 bits per heavy atom. The maximum atomic E-state index is 2.35. The molecule has 0 heteroatoms. The van der Waals surface area contributed by atoms with Crippen LogP contribution in [0.2, 0.25) is 0 Å². The van der Waals surface area contributed by atoms with Gasteiger partial charge in [-0.2, -0.15) is 0 Å². The van der Waals surface area contributed by atoms with Crippen molar-refractivity contribution in [2.45, 2.75) is 47.0 Å². The summed E-state index contributed by atoms with van der Waals surface area (Å²) in [4.78, 5) is 0. The van der Waals surface area contributed by atoms with Crippen molar-refractivity contribution in [1.82, 2.24) is 0 Å². The van der Waals surface area contributed by atoms with Gasteiger partial charge in [0.1, 0.15) is 0 Å². The smallest absolute Gasteiger partial charge is 0.0378 e.